The molecule has 1 fully saturated rings. The molecule has 0 atom stereocenters. The minimum atomic E-state index is 0. The van der Waals surface area contributed by atoms with Crippen LogP contribution in [0.15, 0.2) is 29.4 Å². The molecule has 1 aliphatic heterocycles. The van der Waals surface area contributed by atoms with Gasteiger partial charge < -0.3 is 20.5 Å². The molecule has 3 rings (SSSR count). The van der Waals surface area contributed by atoms with Gasteiger partial charge in [0.25, 0.3) is 0 Å². The lowest BCUT2D eigenvalue weighted by atomic mass is 10.0. The van der Waals surface area contributed by atoms with Crippen molar-refractivity contribution in [1.82, 2.24) is 20.5 Å². The van der Waals surface area contributed by atoms with E-state index in [4.69, 9.17) is 11.6 Å². The van der Waals surface area contributed by atoms with Crippen LogP contribution in [0.2, 0.25) is 5.02 Å². The summed E-state index contributed by atoms with van der Waals surface area (Å²) in [7, 11) is 1.84. The Hall–Kier alpha value is -0.990. The number of halogens is 2. The first-order valence-electron chi connectivity index (χ1n) is 10.1. The summed E-state index contributed by atoms with van der Waals surface area (Å²) >= 11 is 6.14. The number of fused-ring (bicyclic) bond motifs is 1. The quantitative estimate of drug-likeness (QED) is 0.290. The average Bonchev–Trinajstić information content (AvgIpc) is 3.08. The predicted octanol–water partition coefficient (Wildman–Crippen LogP) is 4.41. The van der Waals surface area contributed by atoms with Crippen LogP contribution in [-0.4, -0.2) is 55.1 Å². The van der Waals surface area contributed by atoms with Crippen molar-refractivity contribution in [2.45, 2.75) is 45.1 Å². The maximum atomic E-state index is 6.14. The number of aromatic nitrogens is 1. The van der Waals surface area contributed by atoms with Gasteiger partial charge in [0.15, 0.2) is 5.96 Å². The van der Waals surface area contributed by atoms with Crippen LogP contribution in [0.3, 0.4) is 0 Å². The topological polar surface area (TPSA) is 55.4 Å². The molecular formula is C21H33ClIN5. The van der Waals surface area contributed by atoms with Gasteiger partial charge in [-0.25, -0.2) is 0 Å². The summed E-state index contributed by atoms with van der Waals surface area (Å²) in [6, 6.07) is 6.49. The fraction of sp³-hybridized carbons (Fsp3) is 0.571. The van der Waals surface area contributed by atoms with Gasteiger partial charge in [-0.05, 0) is 56.0 Å². The number of aromatic amines is 1. The van der Waals surface area contributed by atoms with Crippen LogP contribution in [-0.2, 0) is 6.42 Å². The van der Waals surface area contributed by atoms with Gasteiger partial charge in [0.2, 0.25) is 0 Å². The number of likely N-dealkylation sites (tertiary alicyclic amines) is 1. The Labute approximate surface area is 190 Å². The highest BCUT2D eigenvalue weighted by Crippen LogP contribution is 2.22. The van der Waals surface area contributed by atoms with Crippen LogP contribution in [0.1, 0.15) is 38.2 Å². The Kier molecular flexibility index (Phi) is 9.88. The zero-order chi connectivity index (χ0) is 19.1. The van der Waals surface area contributed by atoms with Crippen molar-refractivity contribution in [2.75, 3.05) is 33.2 Å². The monoisotopic (exact) mass is 517 g/mol. The summed E-state index contributed by atoms with van der Waals surface area (Å²) in [6.45, 7) is 6.71. The number of nitrogens with zero attached hydrogens (tertiary/aromatic N) is 2. The molecule has 0 amide bonds. The second-order valence-electron chi connectivity index (χ2n) is 7.37. The molecule has 7 heteroatoms. The smallest absolute Gasteiger partial charge is 0.191 e. The van der Waals surface area contributed by atoms with Crippen molar-refractivity contribution in [3.05, 3.63) is 35.0 Å². The normalized spacial score (nSPS) is 16.2. The molecule has 1 aromatic carbocycles. The summed E-state index contributed by atoms with van der Waals surface area (Å²) < 4.78 is 0. The summed E-state index contributed by atoms with van der Waals surface area (Å²) in [5, 5.41) is 9.03. The Morgan fingerprint density at radius 2 is 2.11 bits per heavy atom. The third-order valence-corrected chi connectivity index (χ3v) is 5.63. The first-order valence-corrected chi connectivity index (χ1v) is 10.5. The van der Waals surface area contributed by atoms with E-state index >= 15 is 0 Å². The van der Waals surface area contributed by atoms with Gasteiger partial charge in [0.05, 0.1) is 0 Å². The molecule has 2 heterocycles. The van der Waals surface area contributed by atoms with Gasteiger partial charge in [-0.3, -0.25) is 4.99 Å². The summed E-state index contributed by atoms with van der Waals surface area (Å²) in [5.74, 6) is 0.903. The molecule has 1 aromatic heterocycles. The van der Waals surface area contributed by atoms with E-state index in [9.17, 15) is 0 Å². The molecule has 5 nitrogen and oxygen atoms in total. The van der Waals surface area contributed by atoms with Crippen LogP contribution in [0.5, 0.6) is 0 Å². The van der Waals surface area contributed by atoms with Gasteiger partial charge in [-0.1, -0.05) is 24.9 Å². The number of H-pyrrole nitrogens is 1. The first kappa shape index (κ1) is 23.3. The van der Waals surface area contributed by atoms with E-state index in [1.807, 2.05) is 25.2 Å². The highest BCUT2D eigenvalue weighted by Gasteiger charge is 2.19. The minimum absolute atomic E-state index is 0. The van der Waals surface area contributed by atoms with Crippen LogP contribution in [0, 0.1) is 0 Å². The highest BCUT2D eigenvalue weighted by atomic mass is 127. The van der Waals surface area contributed by atoms with Crippen LogP contribution < -0.4 is 10.6 Å². The van der Waals surface area contributed by atoms with Gasteiger partial charge in [-0.2, -0.15) is 0 Å². The van der Waals surface area contributed by atoms with Crippen molar-refractivity contribution in [3.8, 4) is 0 Å². The van der Waals surface area contributed by atoms with Crippen LogP contribution >= 0.6 is 35.6 Å². The molecule has 0 unspecified atom stereocenters. The van der Waals surface area contributed by atoms with E-state index in [1.54, 1.807) is 0 Å². The van der Waals surface area contributed by atoms with Crippen LogP contribution in [0.25, 0.3) is 10.9 Å². The van der Waals surface area contributed by atoms with E-state index in [0.29, 0.717) is 6.04 Å². The lowest BCUT2D eigenvalue weighted by Crippen LogP contribution is -2.49. The van der Waals surface area contributed by atoms with E-state index in [2.05, 4.69) is 38.6 Å². The summed E-state index contributed by atoms with van der Waals surface area (Å²) in [5.41, 5.74) is 2.41. The Bertz CT molecular complexity index is 752. The summed E-state index contributed by atoms with van der Waals surface area (Å²) in [4.78, 5) is 10.3. The number of nitrogens with one attached hydrogen (secondary N) is 3. The van der Waals surface area contributed by atoms with Gasteiger partial charge in [0.1, 0.15) is 0 Å². The number of piperidine rings is 1. The highest BCUT2D eigenvalue weighted by molar-refractivity contribution is 14.0. The lowest BCUT2D eigenvalue weighted by molar-refractivity contribution is 0.203. The SMILES string of the molecule is CCCCN1CCC(NC(=NC)NCCc2c[nH]c3ccc(Cl)cc23)CC1.I. The zero-order valence-corrected chi connectivity index (χ0v) is 20.0. The molecule has 28 heavy (non-hydrogen) atoms. The standard InChI is InChI=1S/C21H32ClN5.HI/c1-3-4-11-27-12-8-18(9-13-27)26-21(23-2)24-10-7-16-15-25-20-6-5-17(22)14-19(16)20;/h5-6,14-15,18,25H,3-4,7-13H2,1-2H3,(H2,23,24,26);1H. The summed E-state index contributed by atoms with van der Waals surface area (Å²) in [6.07, 6.45) is 7.95. The maximum absolute atomic E-state index is 6.14. The van der Waals surface area contributed by atoms with E-state index in [-0.39, 0.29) is 24.0 Å². The molecule has 2 aromatic rings. The Morgan fingerprint density at radius 1 is 1.32 bits per heavy atom. The lowest BCUT2D eigenvalue weighted by Gasteiger charge is -2.33. The third kappa shape index (κ3) is 6.52. The van der Waals surface area contributed by atoms with Crippen molar-refractivity contribution in [1.29, 1.82) is 0 Å². The number of guanidine groups is 1. The van der Waals surface area contributed by atoms with Gasteiger partial charge in [0, 0.05) is 54.8 Å². The molecule has 3 N–H and O–H groups in total. The number of unbranched alkanes of at least 4 members (excludes halogenated alkanes) is 1. The fourth-order valence-corrected chi connectivity index (χ4v) is 3.92. The van der Waals surface area contributed by atoms with Crippen LogP contribution in [0.4, 0.5) is 0 Å². The Morgan fingerprint density at radius 3 is 2.82 bits per heavy atom. The second-order valence-corrected chi connectivity index (χ2v) is 7.80. The van der Waals surface area contributed by atoms with E-state index < -0.39 is 0 Å². The minimum Gasteiger partial charge on any atom is -0.361 e. The third-order valence-electron chi connectivity index (χ3n) is 5.40. The van der Waals surface area contributed by atoms with E-state index in [0.717, 1.165) is 29.5 Å². The molecule has 1 aliphatic rings. The molecule has 0 spiro atoms. The molecule has 0 radical (unpaired) electrons. The molecule has 0 aliphatic carbocycles. The predicted molar refractivity (Wildman–Crippen MR) is 131 cm³/mol. The number of benzene rings is 1. The number of hydrogen-bond acceptors (Lipinski definition) is 2. The molecule has 1 saturated heterocycles. The Balaban J connectivity index is 0.00000280. The van der Waals surface area contributed by atoms with Crippen molar-refractivity contribution in [2.24, 2.45) is 4.99 Å². The van der Waals surface area contributed by atoms with Crippen molar-refractivity contribution >= 4 is 52.4 Å². The number of aliphatic imine (C=N–C) groups is 1. The number of rotatable bonds is 7. The van der Waals surface area contributed by atoms with E-state index in [1.165, 1.54) is 56.3 Å². The molecule has 156 valence electrons. The molecule has 0 saturated carbocycles. The average molecular weight is 518 g/mol. The van der Waals surface area contributed by atoms with Crippen molar-refractivity contribution in [3.63, 3.8) is 0 Å². The second kappa shape index (κ2) is 11.9. The van der Waals surface area contributed by atoms with Gasteiger partial charge in [-0.15, -0.1) is 24.0 Å². The zero-order valence-electron chi connectivity index (χ0n) is 16.9. The largest absolute Gasteiger partial charge is 0.361 e. The van der Waals surface area contributed by atoms with Gasteiger partial charge >= 0.3 is 0 Å². The molecule has 0 bridgehead atoms. The number of hydrogen-bond donors (Lipinski definition) is 3. The maximum Gasteiger partial charge on any atom is 0.191 e. The van der Waals surface area contributed by atoms with Crippen molar-refractivity contribution < 1.29 is 0 Å². The molecular weight excluding hydrogens is 485 g/mol. The fourth-order valence-electron chi connectivity index (χ4n) is 3.74. The first-order chi connectivity index (χ1) is 13.2.